The summed E-state index contributed by atoms with van der Waals surface area (Å²) < 4.78 is 1.83. The molecule has 0 unspecified atom stereocenters. The molecule has 0 saturated carbocycles. The highest BCUT2D eigenvalue weighted by Gasteiger charge is 2.38. The topological polar surface area (TPSA) is 58.4 Å². The lowest BCUT2D eigenvalue weighted by molar-refractivity contribution is -0.141. The third kappa shape index (κ3) is 3.39. The van der Waals surface area contributed by atoms with Gasteiger partial charge in [-0.15, -0.1) is 0 Å². The number of carboxylic acid groups (broad SMARTS) is 1. The summed E-state index contributed by atoms with van der Waals surface area (Å²) in [5.74, 6) is -1.05. The molecule has 1 aliphatic rings. The number of aromatic nitrogens is 2. The maximum absolute atomic E-state index is 11.8. The SMILES string of the molecule is O=C(O)[C@@H]1CN(Cc2cccc(-n3cccn3)c2)C[C@H]1c1ccccc1. The van der Waals surface area contributed by atoms with Crippen LogP contribution in [-0.2, 0) is 11.3 Å². The molecule has 1 N–H and O–H groups in total. The number of carboxylic acids is 1. The quantitative estimate of drug-likeness (QED) is 0.770. The maximum atomic E-state index is 11.8. The van der Waals surface area contributed by atoms with Crippen LogP contribution in [-0.4, -0.2) is 38.8 Å². The number of nitrogens with zero attached hydrogens (tertiary/aromatic N) is 3. The monoisotopic (exact) mass is 347 g/mol. The molecular formula is C21H21N3O2. The van der Waals surface area contributed by atoms with Crippen molar-refractivity contribution in [1.82, 2.24) is 14.7 Å². The molecule has 1 aliphatic heterocycles. The molecule has 0 bridgehead atoms. The molecule has 1 saturated heterocycles. The van der Waals surface area contributed by atoms with Crippen LogP contribution in [0.2, 0.25) is 0 Å². The third-order valence-electron chi connectivity index (χ3n) is 5.03. The lowest BCUT2D eigenvalue weighted by atomic mass is 9.89. The molecule has 4 rings (SSSR count). The first-order valence-corrected chi connectivity index (χ1v) is 8.80. The Morgan fingerprint density at radius 2 is 1.92 bits per heavy atom. The molecule has 132 valence electrons. The summed E-state index contributed by atoms with van der Waals surface area (Å²) in [6.45, 7) is 2.07. The van der Waals surface area contributed by atoms with Crippen LogP contribution in [0.15, 0.2) is 73.1 Å². The molecule has 26 heavy (non-hydrogen) atoms. The van der Waals surface area contributed by atoms with E-state index in [1.807, 2.05) is 59.4 Å². The van der Waals surface area contributed by atoms with Crippen molar-refractivity contribution < 1.29 is 9.90 Å². The number of carbonyl (C=O) groups is 1. The fourth-order valence-electron chi connectivity index (χ4n) is 3.78. The Morgan fingerprint density at radius 1 is 1.08 bits per heavy atom. The van der Waals surface area contributed by atoms with Crippen LogP contribution in [0.1, 0.15) is 17.0 Å². The van der Waals surface area contributed by atoms with E-state index in [1.165, 1.54) is 0 Å². The minimum atomic E-state index is -0.716. The maximum Gasteiger partial charge on any atom is 0.308 e. The Kier molecular flexibility index (Phi) is 4.54. The summed E-state index contributed by atoms with van der Waals surface area (Å²) in [6, 6.07) is 20.1. The summed E-state index contributed by atoms with van der Waals surface area (Å²) in [5, 5.41) is 13.9. The zero-order valence-electron chi connectivity index (χ0n) is 14.4. The average Bonchev–Trinajstić information content (AvgIpc) is 3.33. The average molecular weight is 347 g/mol. The van der Waals surface area contributed by atoms with Gasteiger partial charge >= 0.3 is 5.97 Å². The van der Waals surface area contributed by atoms with E-state index in [0.717, 1.165) is 29.9 Å². The number of hydrogen-bond acceptors (Lipinski definition) is 3. The minimum Gasteiger partial charge on any atom is -0.481 e. The zero-order chi connectivity index (χ0) is 17.9. The zero-order valence-corrected chi connectivity index (χ0v) is 14.4. The molecule has 1 fully saturated rings. The van der Waals surface area contributed by atoms with Gasteiger partial charge in [-0.3, -0.25) is 9.69 Å². The summed E-state index contributed by atoms with van der Waals surface area (Å²) in [6.07, 6.45) is 3.68. The van der Waals surface area contributed by atoms with Gasteiger partial charge in [0.05, 0.1) is 11.6 Å². The highest BCUT2D eigenvalue weighted by Crippen LogP contribution is 2.33. The van der Waals surface area contributed by atoms with Crippen LogP contribution in [0, 0.1) is 5.92 Å². The summed E-state index contributed by atoms with van der Waals surface area (Å²) >= 11 is 0. The molecule has 2 aromatic carbocycles. The number of aliphatic carboxylic acids is 1. The molecule has 0 amide bonds. The van der Waals surface area contributed by atoms with E-state index in [1.54, 1.807) is 6.20 Å². The van der Waals surface area contributed by atoms with E-state index in [2.05, 4.69) is 22.1 Å². The van der Waals surface area contributed by atoms with Crippen LogP contribution < -0.4 is 0 Å². The largest absolute Gasteiger partial charge is 0.481 e. The Bertz CT molecular complexity index is 877. The van der Waals surface area contributed by atoms with E-state index in [0.29, 0.717) is 6.54 Å². The van der Waals surface area contributed by atoms with E-state index >= 15 is 0 Å². The molecule has 0 aliphatic carbocycles. The molecule has 3 aromatic rings. The Balaban J connectivity index is 1.52. The lowest BCUT2D eigenvalue weighted by Gasteiger charge is -2.16. The third-order valence-corrected chi connectivity index (χ3v) is 5.03. The van der Waals surface area contributed by atoms with Gasteiger partial charge in [-0.25, -0.2) is 4.68 Å². The summed E-state index contributed by atoms with van der Waals surface area (Å²) in [5.41, 5.74) is 3.28. The highest BCUT2D eigenvalue weighted by atomic mass is 16.4. The van der Waals surface area contributed by atoms with Gasteiger partial charge in [0.25, 0.3) is 0 Å². The lowest BCUT2D eigenvalue weighted by Crippen LogP contribution is -2.23. The molecular weight excluding hydrogens is 326 g/mol. The van der Waals surface area contributed by atoms with E-state index in [-0.39, 0.29) is 11.8 Å². The molecule has 1 aromatic heterocycles. The number of benzene rings is 2. The van der Waals surface area contributed by atoms with Crippen LogP contribution in [0.3, 0.4) is 0 Å². The second kappa shape index (κ2) is 7.14. The molecule has 2 atom stereocenters. The first-order valence-electron chi connectivity index (χ1n) is 8.80. The van der Waals surface area contributed by atoms with Gasteiger partial charge in [0.2, 0.25) is 0 Å². The van der Waals surface area contributed by atoms with Gasteiger partial charge < -0.3 is 5.11 Å². The fourth-order valence-corrected chi connectivity index (χ4v) is 3.78. The Labute approximate surface area is 152 Å². The first-order chi connectivity index (χ1) is 12.7. The van der Waals surface area contributed by atoms with Gasteiger partial charge in [-0.1, -0.05) is 42.5 Å². The van der Waals surface area contributed by atoms with E-state index in [4.69, 9.17) is 0 Å². The predicted molar refractivity (Wildman–Crippen MR) is 99.1 cm³/mol. The Morgan fingerprint density at radius 3 is 2.65 bits per heavy atom. The van der Waals surface area contributed by atoms with Crippen molar-refractivity contribution in [1.29, 1.82) is 0 Å². The second-order valence-electron chi connectivity index (χ2n) is 6.78. The molecule has 5 nitrogen and oxygen atoms in total. The van der Waals surface area contributed by atoms with Crippen molar-refractivity contribution in [3.63, 3.8) is 0 Å². The predicted octanol–water partition coefficient (Wildman–Crippen LogP) is 3.17. The van der Waals surface area contributed by atoms with Gasteiger partial charge in [0, 0.05) is 37.9 Å². The first kappa shape index (κ1) is 16.5. The summed E-state index contributed by atoms with van der Waals surface area (Å²) in [7, 11) is 0. The molecule has 5 heteroatoms. The number of likely N-dealkylation sites (tertiary alicyclic amines) is 1. The van der Waals surface area contributed by atoms with Crippen LogP contribution in [0.25, 0.3) is 5.69 Å². The van der Waals surface area contributed by atoms with Crippen molar-refractivity contribution in [3.8, 4) is 5.69 Å². The van der Waals surface area contributed by atoms with Gasteiger partial charge in [-0.05, 0) is 29.3 Å². The second-order valence-corrected chi connectivity index (χ2v) is 6.78. The summed E-state index contributed by atoms with van der Waals surface area (Å²) in [4.78, 5) is 14.0. The molecule has 0 spiro atoms. The van der Waals surface area contributed by atoms with E-state index in [9.17, 15) is 9.90 Å². The van der Waals surface area contributed by atoms with Crippen LogP contribution >= 0.6 is 0 Å². The highest BCUT2D eigenvalue weighted by molar-refractivity contribution is 5.72. The Hall–Kier alpha value is -2.92. The van der Waals surface area contributed by atoms with Crippen LogP contribution in [0.5, 0.6) is 0 Å². The number of hydrogen-bond donors (Lipinski definition) is 1. The standard InChI is InChI=1S/C21H21N3O2/c25-21(26)20-15-23(14-19(20)17-7-2-1-3-8-17)13-16-6-4-9-18(12-16)24-11-5-10-22-24/h1-12,19-20H,13-15H2,(H,25,26)/t19-,20+/m0/s1. The van der Waals surface area contributed by atoms with E-state index < -0.39 is 5.97 Å². The van der Waals surface area contributed by atoms with Gasteiger partial charge in [0.1, 0.15) is 0 Å². The van der Waals surface area contributed by atoms with Gasteiger partial charge in [0.15, 0.2) is 0 Å². The fraction of sp³-hybridized carbons (Fsp3) is 0.238. The van der Waals surface area contributed by atoms with Crippen molar-refractivity contribution in [2.75, 3.05) is 13.1 Å². The number of rotatable bonds is 5. The van der Waals surface area contributed by atoms with Crippen molar-refractivity contribution in [3.05, 3.63) is 84.2 Å². The van der Waals surface area contributed by atoms with Crippen molar-refractivity contribution >= 4 is 5.97 Å². The normalized spacial score (nSPS) is 20.3. The van der Waals surface area contributed by atoms with Crippen molar-refractivity contribution in [2.24, 2.45) is 5.92 Å². The van der Waals surface area contributed by atoms with Gasteiger partial charge in [-0.2, -0.15) is 5.10 Å². The van der Waals surface area contributed by atoms with Crippen LogP contribution in [0.4, 0.5) is 0 Å². The minimum absolute atomic E-state index is 0.0306. The van der Waals surface area contributed by atoms with Crippen molar-refractivity contribution in [2.45, 2.75) is 12.5 Å². The smallest absolute Gasteiger partial charge is 0.308 e. The molecule has 2 heterocycles. The molecule has 0 radical (unpaired) electrons.